The number of rotatable bonds is 3. The lowest BCUT2D eigenvalue weighted by Gasteiger charge is -2.43. The van der Waals surface area contributed by atoms with Crippen LogP contribution in [-0.2, 0) is 9.53 Å². The number of hydrogen-bond donors (Lipinski definition) is 2. The van der Waals surface area contributed by atoms with Crippen LogP contribution in [-0.4, -0.2) is 17.0 Å². The molecule has 0 heterocycles. The van der Waals surface area contributed by atoms with Gasteiger partial charge in [-0.1, -0.05) is 20.8 Å². The number of carbonyl (C=O) groups is 2. The molecule has 2 N–H and O–H groups in total. The molecule has 24 heavy (non-hydrogen) atoms. The van der Waals surface area contributed by atoms with Gasteiger partial charge >= 0.3 is 5.97 Å². The predicted octanol–water partition coefficient (Wildman–Crippen LogP) is 2.16. The van der Waals surface area contributed by atoms with Gasteiger partial charge < -0.3 is 9.94 Å². The summed E-state index contributed by atoms with van der Waals surface area (Å²) >= 11 is 0. The van der Waals surface area contributed by atoms with Crippen molar-refractivity contribution in [3.8, 4) is 0 Å². The number of nitrogens with one attached hydrogen (secondary N) is 1. The fourth-order valence-electron chi connectivity index (χ4n) is 3.84. The molecular formula is C18H21NO5. The average Bonchev–Trinajstić information content (AvgIpc) is 2.68. The molecule has 1 aromatic carbocycles. The van der Waals surface area contributed by atoms with Gasteiger partial charge in [-0.25, -0.2) is 10.0 Å². The SMILES string of the molecule is CC1(C)[C@H]2CC[C@]1(C)C(=O)C=C2OC(=O)c1ccc([NH+]([O-])O)cc1. The lowest BCUT2D eigenvalue weighted by Crippen LogP contribution is -2.99. The van der Waals surface area contributed by atoms with Crippen molar-refractivity contribution in [2.24, 2.45) is 16.7 Å². The number of ether oxygens (including phenoxy) is 1. The van der Waals surface area contributed by atoms with Gasteiger partial charge in [-0.15, -0.1) is 0 Å². The first kappa shape index (κ1) is 16.8. The minimum atomic E-state index is -1.05. The minimum absolute atomic E-state index is 0.00488. The van der Waals surface area contributed by atoms with E-state index in [0.717, 1.165) is 12.8 Å². The van der Waals surface area contributed by atoms with E-state index in [0.29, 0.717) is 5.76 Å². The summed E-state index contributed by atoms with van der Waals surface area (Å²) in [6.45, 7) is 6.07. The zero-order chi connectivity index (χ0) is 17.7. The van der Waals surface area contributed by atoms with E-state index in [1.54, 1.807) is 0 Å². The maximum Gasteiger partial charge on any atom is 0.343 e. The number of fused-ring (bicyclic) bond motifs is 2. The molecule has 1 fully saturated rings. The number of allylic oxidation sites excluding steroid dienone is 2. The molecule has 2 bridgehead atoms. The Kier molecular flexibility index (Phi) is 3.86. The van der Waals surface area contributed by atoms with Crippen molar-refractivity contribution in [2.45, 2.75) is 33.6 Å². The monoisotopic (exact) mass is 331 g/mol. The summed E-state index contributed by atoms with van der Waals surface area (Å²) in [5.74, 6) is -0.114. The lowest BCUT2D eigenvalue weighted by molar-refractivity contribution is -0.991. The molecule has 0 radical (unpaired) electrons. The van der Waals surface area contributed by atoms with E-state index in [9.17, 15) is 14.8 Å². The second kappa shape index (κ2) is 5.51. The quantitative estimate of drug-likeness (QED) is 0.654. The summed E-state index contributed by atoms with van der Waals surface area (Å²) in [6, 6.07) is 5.55. The van der Waals surface area contributed by atoms with Gasteiger partial charge in [-0.05, 0) is 30.4 Å². The normalized spacial score (nSPS) is 29.1. The maximum atomic E-state index is 12.5. The van der Waals surface area contributed by atoms with Crippen molar-refractivity contribution in [2.75, 3.05) is 0 Å². The Morgan fingerprint density at radius 1 is 1.29 bits per heavy atom. The Bertz CT molecular complexity index is 719. The fourth-order valence-corrected chi connectivity index (χ4v) is 3.84. The number of quaternary nitrogens is 1. The largest absolute Gasteiger partial charge is 0.595 e. The van der Waals surface area contributed by atoms with Crippen molar-refractivity contribution in [3.05, 3.63) is 46.9 Å². The van der Waals surface area contributed by atoms with E-state index in [1.165, 1.54) is 30.3 Å². The number of ketones is 1. The van der Waals surface area contributed by atoms with Gasteiger partial charge in [0, 0.05) is 29.5 Å². The number of benzene rings is 1. The summed E-state index contributed by atoms with van der Waals surface area (Å²) in [7, 11) is 0. The van der Waals surface area contributed by atoms with E-state index < -0.39 is 16.6 Å². The highest BCUT2D eigenvalue weighted by molar-refractivity contribution is 5.98. The topological polar surface area (TPSA) is 91.1 Å². The molecule has 3 rings (SSSR count). The Hall–Kier alpha value is -2.02. The van der Waals surface area contributed by atoms with Crippen LogP contribution in [0.25, 0.3) is 0 Å². The third-order valence-corrected chi connectivity index (χ3v) is 5.97. The Morgan fingerprint density at radius 2 is 1.92 bits per heavy atom. The minimum Gasteiger partial charge on any atom is -0.595 e. The van der Waals surface area contributed by atoms with Crippen molar-refractivity contribution in [1.29, 1.82) is 0 Å². The van der Waals surface area contributed by atoms with Crippen LogP contribution >= 0.6 is 0 Å². The van der Waals surface area contributed by atoms with Gasteiger partial charge in [-0.3, -0.25) is 4.79 Å². The van der Waals surface area contributed by atoms with Gasteiger partial charge in [0.1, 0.15) is 5.76 Å². The Balaban J connectivity index is 1.82. The van der Waals surface area contributed by atoms with E-state index in [2.05, 4.69) is 0 Å². The molecule has 128 valence electrons. The smallest absolute Gasteiger partial charge is 0.343 e. The maximum absolute atomic E-state index is 12.5. The Labute approximate surface area is 140 Å². The first-order chi connectivity index (χ1) is 11.2. The molecule has 1 aromatic rings. The molecule has 0 spiro atoms. The number of hydrogen-bond acceptors (Lipinski definition) is 5. The molecule has 6 heteroatoms. The molecule has 0 aliphatic heterocycles. The molecule has 0 aromatic heterocycles. The summed E-state index contributed by atoms with van der Waals surface area (Å²) in [5, 5.41) is 18.7. The van der Waals surface area contributed by atoms with E-state index in [-0.39, 0.29) is 28.4 Å². The average molecular weight is 331 g/mol. The molecular weight excluding hydrogens is 310 g/mol. The van der Waals surface area contributed by atoms with Crippen molar-refractivity contribution in [1.82, 2.24) is 0 Å². The van der Waals surface area contributed by atoms with E-state index in [1.807, 2.05) is 20.8 Å². The van der Waals surface area contributed by atoms with Crippen molar-refractivity contribution >= 4 is 17.4 Å². The zero-order valence-corrected chi connectivity index (χ0v) is 14.0. The molecule has 0 amide bonds. The van der Waals surface area contributed by atoms with Crippen LogP contribution in [0.5, 0.6) is 0 Å². The van der Waals surface area contributed by atoms with Crippen molar-refractivity contribution < 1.29 is 24.8 Å². The standard InChI is InChI=1S/C18H21NO5/c1-17(2)13-8-9-18(17,3)15(20)10-14(13)24-16(21)11-4-6-12(7-5-11)19(22)23/h4-7,10,13,19,22H,8-9H2,1-3H3/t13-,18+/m0/s1. The number of carbonyl (C=O) groups excluding carboxylic acids is 2. The second-order valence-corrected chi connectivity index (χ2v) is 7.33. The van der Waals surface area contributed by atoms with Gasteiger partial charge in [0.05, 0.1) is 5.56 Å². The molecule has 1 saturated carbocycles. The molecule has 2 aliphatic carbocycles. The number of esters is 1. The predicted molar refractivity (Wildman–Crippen MR) is 85.3 cm³/mol. The third-order valence-electron chi connectivity index (χ3n) is 5.97. The van der Waals surface area contributed by atoms with Crippen LogP contribution in [0.3, 0.4) is 0 Å². The van der Waals surface area contributed by atoms with Gasteiger partial charge in [0.25, 0.3) is 0 Å². The summed E-state index contributed by atoms with van der Waals surface area (Å²) < 4.78 is 5.51. The fraction of sp³-hybridized carbons (Fsp3) is 0.444. The molecule has 0 saturated heterocycles. The first-order valence-corrected chi connectivity index (χ1v) is 7.98. The molecule has 3 atom stereocenters. The summed E-state index contributed by atoms with van der Waals surface area (Å²) in [6.07, 6.45) is 3.06. The van der Waals surface area contributed by atoms with Gasteiger partial charge in [0.15, 0.2) is 11.5 Å². The first-order valence-electron chi connectivity index (χ1n) is 7.98. The second-order valence-electron chi connectivity index (χ2n) is 7.33. The third kappa shape index (κ3) is 2.38. The van der Waals surface area contributed by atoms with Crippen LogP contribution in [0.1, 0.15) is 44.0 Å². The molecule has 1 unspecified atom stereocenters. The van der Waals surface area contributed by atoms with Gasteiger partial charge in [-0.2, -0.15) is 5.23 Å². The van der Waals surface area contributed by atoms with Gasteiger partial charge in [0.2, 0.25) is 0 Å². The van der Waals surface area contributed by atoms with E-state index in [4.69, 9.17) is 9.94 Å². The van der Waals surface area contributed by atoms with Crippen LogP contribution in [0.15, 0.2) is 36.1 Å². The van der Waals surface area contributed by atoms with Crippen LogP contribution in [0.2, 0.25) is 0 Å². The van der Waals surface area contributed by atoms with Crippen LogP contribution in [0.4, 0.5) is 5.69 Å². The zero-order valence-electron chi connectivity index (χ0n) is 14.0. The van der Waals surface area contributed by atoms with Crippen molar-refractivity contribution in [3.63, 3.8) is 0 Å². The van der Waals surface area contributed by atoms with Crippen LogP contribution in [0, 0.1) is 22.0 Å². The molecule has 6 nitrogen and oxygen atoms in total. The molecule has 2 aliphatic rings. The summed E-state index contributed by atoms with van der Waals surface area (Å²) in [5.41, 5.74) is -0.304. The van der Waals surface area contributed by atoms with E-state index >= 15 is 0 Å². The Morgan fingerprint density at radius 3 is 2.50 bits per heavy atom. The highest BCUT2D eigenvalue weighted by Gasteiger charge is 2.59. The van der Waals surface area contributed by atoms with Crippen LogP contribution < -0.4 is 5.23 Å². The highest BCUT2D eigenvalue weighted by atomic mass is 16.8. The summed E-state index contributed by atoms with van der Waals surface area (Å²) in [4.78, 5) is 24.8. The highest BCUT2D eigenvalue weighted by Crippen LogP contribution is 2.61. The lowest BCUT2D eigenvalue weighted by atomic mass is 9.60.